The van der Waals surface area contributed by atoms with Crippen LogP contribution in [0.1, 0.15) is 23.8 Å². The molecule has 0 aliphatic carbocycles. The predicted octanol–water partition coefficient (Wildman–Crippen LogP) is -0.0553. The van der Waals surface area contributed by atoms with Crippen molar-refractivity contribution in [1.29, 1.82) is 0 Å². The number of hydrogen-bond donors (Lipinski definition) is 1. The van der Waals surface area contributed by atoms with E-state index in [1.54, 1.807) is 0 Å². The molecule has 1 aromatic rings. The molecule has 0 bridgehead atoms. The lowest BCUT2D eigenvalue weighted by molar-refractivity contribution is 0.0943. The maximum atomic E-state index is 11.8. The Hall–Kier alpha value is -1.69. The van der Waals surface area contributed by atoms with Crippen molar-refractivity contribution >= 4 is 5.91 Å². The molecule has 0 radical (unpaired) electrons. The van der Waals surface area contributed by atoms with E-state index in [0.29, 0.717) is 13.1 Å². The lowest BCUT2D eigenvalue weighted by Gasteiger charge is -2.10. The van der Waals surface area contributed by atoms with Crippen LogP contribution in [0.3, 0.4) is 0 Å². The van der Waals surface area contributed by atoms with Gasteiger partial charge in [-0.25, -0.2) is 4.68 Å². The van der Waals surface area contributed by atoms with Crippen molar-refractivity contribution in [1.82, 2.24) is 20.0 Å². The van der Waals surface area contributed by atoms with E-state index in [9.17, 15) is 9.59 Å². The number of aromatic nitrogens is 2. The summed E-state index contributed by atoms with van der Waals surface area (Å²) in [6.07, 6.45) is 0.804. The summed E-state index contributed by atoms with van der Waals surface area (Å²) in [6, 6.07) is 2.84. The number of aryl methyl sites for hydroxylation is 1. The first-order valence-electron chi connectivity index (χ1n) is 6.05. The Morgan fingerprint density at radius 2 is 2.17 bits per heavy atom. The molecule has 0 fully saturated rings. The lowest BCUT2D eigenvalue weighted by atomic mass is 10.3. The number of nitrogens with one attached hydrogen (secondary N) is 1. The highest BCUT2D eigenvalue weighted by atomic mass is 16.2. The topological polar surface area (TPSA) is 67.2 Å². The van der Waals surface area contributed by atoms with Gasteiger partial charge in [0.15, 0.2) is 0 Å². The molecule has 1 heterocycles. The molecular weight excluding hydrogens is 232 g/mol. The quantitative estimate of drug-likeness (QED) is 0.770. The van der Waals surface area contributed by atoms with Gasteiger partial charge in [-0.1, -0.05) is 6.92 Å². The third-order valence-corrected chi connectivity index (χ3v) is 2.38. The van der Waals surface area contributed by atoms with Gasteiger partial charge >= 0.3 is 0 Å². The molecule has 0 spiro atoms. The van der Waals surface area contributed by atoms with Crippen LogP contribution >= 0.6 is 0 Å². The normalized spacial score (nSPS) is 10.7. The van der Waals surface area contributed by atoms with Crippen LogP contribution in [-0.4, -0.2) is 47.8 Å². The SMILES string of the molecule is CCCn1nc(C(=O)NCCN(C)C)ccc1=O. The zero-order chi connectivity index (χ0) is 13.5. The van der Waals surface area contributed by atoms with Crippen LogP contribution in [0.2, 0.25) is 0 Å². The molecule has 0 unspecified atom stereocenters. The number of nitrogens with zero attached hydrogens (tertiary/aromatic N) is 3. The van der Waals surface area contributed by atoms with Gasteiger partial charge in [-0.05, 0) is 26.6 Å². The summed E-state index contributed by atoms with van der Waals surface area (Å²) in [5.41, 5.74) is 0.100. The van der Waals surface area contributed by atoms with E-state index < -0.39 is 0 Å². The first kappa shape index (κ1) is 14.4. The van der Waals surface area contributed by atoms with E-state index in [1.807, 2.05) is 25.9 Å². The highest BCUT2D eigenvalue weighted by Gasteiger charge is 2.08. The standard InChI is InChI=1S/C12H20N4O2/c1-4-8-16-11(17)6-5-10(14-16)12(18)13-7-9-15(2)3/h5-6H,4,7-9H2,1-3H3,(H,13,18). The van der Waals surface area contributed by atoms with Crippen LogP contribution in [0.15, 0.2) is 16.9 Å². The number of carbonyl (C=O) groups is 1. The smallest absolute Gasteiger partial charge is 0.271 e. The van der Waals surface area contributed by atoms with Crippen molar-refractivity contribution in [3.05, 3.63) is 28.2 Å². The molecule has 0 saturated carbocycles. The molecule has 6 heteroatoms. The molecule has 18 heavy (non-hydrogen) atoms. The third-order valence-electron chi connectivity index (χ3n) is 2.38. The first-order valence-corrected chi connectivity index (χ1v) is 6.05. The Kier molecular flexibility index (Phi) is 5.51. The molecule has 1 rings (SSSR count). The van der Waals surface area contributed by atoms with Gasteiger partial charge in [0.25, 0.3) is 11.5 Å². The average molecular weight is 252 g/mol. The predicted molar refractivity (Wildman–Crippen MR) is 69.7 cm³/mol. The number of hydrogen-bond acceptors (Lipinski definition) is 4. The minimum absolute atomic E-state index is 0.179. The second kappa shape index (κ2) is 6.90. The molecule has 0 aromatic carbocycles. The summed E-state index contributed by atoms with van der Waals surface area (Å²) in [6.45, 7) is 3.80. The van der Waals surface area contributed by atoms with Gasteiger partial charge in [-0.3, -0.25) is 9.59 Å². The molecule has 0 saturated heterocycles. The number of amides is 1. The maximum absolute atomic E-state index is 11.8. The number of likely N-dealkylation sites (N-methyl/N-ethyl adjacent to an activating group) is 1. The minimum Gasteiger partial charge on any atom is -0.349 e. The van der Waals surface area contributed by atoms with E-state index in [1.165, 1.54) is 16.8 Å². The minimum atomic E-state index is -0.248. The fourth-order valence-corrected chi connectivity index (χ4v) is 1.43. The fourth-order valence-electron chi connectivity index (χ4n) is 1.43. The van der Waals surface area contributed by atoms with Crippen LogP contribution in [0.5, 0.6) is 0 Å². The lowest BCUT2D eigenvalue weighted by Crippen LogP contribution is -2.33. The largest absolute Gasteiger partial charge is 0.349 e. The Bertz CT molecular complexity index is 454. The van der Waals surface area contributed by atoms with E-state index in [-0.39, 0.29) is 17.2 Å². The summed E-state index contributed by atoms with van der Waals surface area (Å²) >= 11 is 0. The summed E-state index contributed by atoms with van der Waals surface area (Å²) in [5, 5.41) is 6.80. The molecular formula is C12H20N4O2. The molecule has 6 nitrogen and oxygen atoms in total. The monoisotopic (exact) mass is 252 g/mol. The maximum Gasteiger partial charge on any atom is 0.271 e. The van der Waals surface area contributed by atoms with Crippen molar-refractivity contribution < 1.29 is 4.79 Å². The molecule has 1 aromatic heterocycles. The Morgan fingerprint density at radius 1 is 1.44 bits per heavy atom. The highest BCUT2D eigenvalue weighted by Crippen LogP contribution is 1.92. The second-order valence-corrected chi connectivity index (χ2v) is 4.34. The fraction of sp³-hybridized carbons (Fsp3) is 0.583. The third kappa shape index (κ3) is 4.29. The molecule has 1 amide bonds. The summed E-state index contributed by atoms with van der Waals surface area (Å²) in [5.74, 6) is -0.248. The summed E-state index contributed by atoms with van der Waals surface area (Å²) in [4.78, 5) is 25.2. The Labute approximate surface area is 107 Å². The van der Waals surface area contributed by atoms with Crippen LogP contribution in [-0.2, 0) is 6.54 Å². The van der Waals surface area contributed by atoms with Gasteiger partial charge in [-0.2, -0.15) is 5.10 Å². The van der Waals surface area contributed by atoms with E-state index >= 15 is 0 Å². The molecule has 1 N–H and O–H groups in total. The van der Waals surface area contributed by atoms with Gasteiger partial charge in [0.05, 0.1) is 0 Å². The zero-order valence-electron chi connectivity index (χ0n) is 11.1. The zero-order valence-corrected chi connectivity index (χ0v) is 11.1. The van der Waals surface area contributed by atoms with Crippen LogP contribution in [0.4, 0.5) is 0 Å². The molecule has 0 aliphatic heterocycles. The van der Waals surface area contributed by atoms with Crippen LogP contribution < -0.4 is 10.9 Å². The first-order chi connectivity index (χ1) is 8.54. The van der Waals surface area contributed by atoms with Gasteiger partial charge in [0.2, 0.25) is 0 Å². The molecule has 0 atom stereocenters. The van der Waals surface area contributed by atoms with Crippen LogP contribution in [0.25, 0.3) is 0 Å². The van der Waals surface area contributed by atoms with Crippen molar-refractivity contribution in [2.24, 2.45) is 0 Å². The highest BCUT2D eigenvalue weighted by molar-refractivity contribution is 5.91. The van der Waals surface area contributed by atoms with Crippen molar-refractivity contribution in [3.63, 3.8) is 0 Å². The second-order valence-electron chi connectivity index (χ2n) is 4.34. The molecule has 0 aliphatic rings. The van der Waals surface area contributed by atoms with Gasteiger partial charge < -0.3 is 10.2 Å². The van der Waals surface area contributed by atoms with Gasteiger partial charge in [0.1, 0.15) is 5.69 Å². The van der Waals surface area contributed by atoms with E-state index in [2.05, 4.69) is 10.4 Å². The van der Waals surface area contributed by atoms with Crippen molar-refractivity contribution in [2.75, 3.05) is 27.2 Å². The Balaban J connectivity index is 2.68. The van der Waals surface area contributed by atoms with E-state index in [4.69, 9.17) is 0 Å². The summed E-state index contributed by atoms with van der Waals surface area (Å²) < 4.78 is 1.32. The number of carbonyl (C=O) groups excluding carboxylic acids is 1. The van der Waals surface area contributed by atoms with Gasteiger partial charge in [0, 0.05) is 25.7 Å². The molecule has 100 valence electrons. The average Bonchev–Trinajstić information content (AvgIpc) is 2.31. The Morgan fingerprint density at radius 3 is 2.78 bits per heavy atom. The van der Waals surface area contributed by atoms with Gasteiger partial charge in [-0.15, -0.1) is 0 Å². The van der Waals surface area contributed by atoms with Crippen molar-refractivity contribution in [3.8, 4) is 0 Å². The summed E-state index contributed by atoms with van der Waals surface area (Å²) in [7, 11) is 3.87. The van der Waals surface area contributed by atoms with E-state index in [0.717, 1.165) is 13.0 Å². The number of rotatable bonds is 6. The van der Waals surface area contributed by atoms with Crippen molar-refractivity contribution in [2.45, 2.75) is 19.9 Å². The van der Waals surface area contributed by atoms with Crippen LogP contribution in [0, 0.1) is 0 Å².